The quantitative estimate of drug-likeness (QED) is 0.761. The molecule has 0 radical (unpaired) electrons. The third-order valence-electron chi connectivity index (χ3n) is 4.69. The van der Waals surface area contributed by atoms with Crippen LogP contribution in [0.2, 0.25) is 0 Å². The van der Waals surface area contributed by atoms with Crippen molar-refractivity contribution in [2.45, 2.75) is 31.6 Å². The molecule has 1 heterocycles. The van der Waals surface area contributed by atoms with Crippen LogP contribution in [0.4, 0.5) is 4.39 Å². The van der Waals surface area contributed by atoms with Gasteiger partial charge in [0, 0.05) is 26.2 Å². The average Bonchev–Trinajstić information content (AvgIpc) is 2.59. The summed E-state index contributed by atoms with van der Waals surface area (Å²) in [5.41, 5.74) is -0.0757. The first-order valence-electron chi connectivity index (χ1n) is 9.19. The maximum atomic E-state index is 13.1. The van der Waals surface area contributed by atoms with Crippen molar-refractivity contribution in [2.24, 2.45) is 11.3 Å². The van der Waals surface area contributed by atoms with Gasteiger partial charge in [0.15, 0.2) is 0 Å². The molecule has 2 rings (SSSR count). The highest BCUT2D eigenvalue weighted by atomic mass is 32.2. The number of carbonyl (C=O) groups excluding carboxylic acids is 1. The van der Waals surface area contributed by atoms with E-state index in [9.17, 15) is 17.6 Å². The van der Waals surface area contributed by atoms with Crippen molar-refractivity contribution >= 4 is 15.9 Å². The molecule has 1 aromatic rings. The first kappa shape index (κ1) is 21.8. The minimum Gasteiger partial charge on any atom is -0.355 e. The predicted molar refractivity (Wildman–Crippen MR) is 103 cm³/mol. The van der Waals surface area contributed by atoms with Crippen molar-refractivity contribution in [3.63, 3.8) is 0 Å². The molecule has 1 aliphatic heterocycles. The van der Waals surface area contributed by atoms with E-state index < -0.39 is 15.8 Å². The Morgan fingerprint density at radius 3 is 2.52 bits per heavy atom. The van der Waals surface area contributed by atoms with Crippen LogP contribution in [0, 0.1) is 17.2 Å². The topological polar surface area (TPSA) is 69.7 Å². The van der Waals surface area contributed by atoms with E-state index in [1.54, 1.807) is 0 Å². The fourth-order valence-electron chi connectivity index (χ4n) is 3.51. The summed E-state index contributed by atoms with van der Waals surface area (Å²) >= 11 is 0. The molecular weight excluding hydrogens is 369 g/mol. The van der Waals surface area contributed by atoms with E-state index in [0.717, 1.165) is 18.7 Å². The summed E-state index contributed by atoms with van der Waals surface area (Å²) in [6.07, 6.45) is 1.29. The van der Waals surface area contributed by atoms with E-state index in [1.807, 2.05) is 14.1 Å². The van der Waals surface area contributed by atoms with Crippen LogP contribution in [0.5, 0.6) is 0 Å². The van der Waals surface area contributed by atoms with Crippen molar-refractivity contribution in [2.75, 3.05) is 40.3 Å². The predicted octanol–water partition coefficient (Wildman–Crippen LogP) is 1.93. The van der Waals surface area contributed by atoms with Crippen LogP contribution in [0.3, 0.4) is 0 Å². The lowest BCUT2D eigenvalue weighted by Gasteiger charge is -2.33. The Hall–Kier alpha value is -1.51. The number of halogens is 1. The van der Waals surface area contributed by atoms with E-state index >= 15 is 0 Å². The molecule has 1 unspecified atom stereocenters. The summed E-state index contributed by atoms with van der Waals surface area (Å²) in [4.78, 5) is 14.7. The number of nitrogens with zero attached hydrogens (tertiary/aromatic N) is 2. The van der Waals surface area contributed by atoms with Crippen LogP contribution >= 0.6 is 0 Å². The lowest BCUT2D eigenvalue weighted by atomic mass is 9.92. The molecule has 6 nitrogen and oxygen atoms in total. The SMILES string of the molecule is CN(C)CC(C)(C)CNC(=O)C1CCCN(S(=O)(=O)c2ccc(F)cc2)C1. The van der Waals surface area contributed by atoms with Gasteiger partial charge in [-0.15, -0.1) is 0 Å². The number of hydrogen-bond donors (Lipinski definition) is 1. The molecule has 1 N–H and O–H groups in total. The number of amides is 1. The minimum absolute atomic E-state index is 0.0528. The molecule has 0 aromatic heterocycles. The van der Waals surface area contributed by atoms with Gasteiger partial charge in [-0.3, -0.25) is 4.79 Å². The van der Waals surface area contributed by atoms with Crippen LogP contribution < -0.4 is 5.32 Å². The zero-order valence-electron chi connectivity index (χ0n) is 16.5. The van der Waals surface area contributed by atoms with Gasteiger partial charge in [0.2, 0.25) is 15.9 Å². The van der Waals surface area contributed by atoms with Crippen molar-refractivity contribution in [1.82, 2.24) is 14.5 Å². The van der Waals surface area contributed by atoms with Gasteiger partial charge in [-0.1, -0.05) is 13.8 Å². The number of nitrogens with one attached hydrogen (secondary N) is 1. The summed E-state index contributed by atoms with van der Waals surface area (Å²) in [6, 6.07) is 4.79. The van der Waals surface area contributed by atoms with E-state index in [1.165, 1.54) is 16.4 Å². The average molecular weight is 400 g/mol. The fourth-order valence-corrected chi connectivity index (χ4v) is 5.04. The Labute approximate surface area is 161 Å². The summed E-state index contributed by atoms with van der Waals surface area (Å²) in [5, 5.41) is 2.98. The van der Waals surface area contributed by atoms with Crippen LogP contribution in [-0.2, 0) is 14.8 Å². The molecule has 1 fully saturated rings. The molecule has 1 saturated heterocycles. The molecule has 27 heavy (non-hydrogen) atoms. The molecule has 1 atom stereocenters. The standard InChI is InChI=1S/C19H30FN3O3S/c1-19(2,14-22(3)4)13-21-18(24)15-6-5-11-23(12-15)27(25,26)17-9-7-16(20)8-10-17/h7-10,15H,5-6,11-14H2,1-4H3,(H,21,24). The molecule has 0 saturated carbocycles. The maximum Gasteiger partial charge on any atom is 0.243 e. The Morgan fingerprint density at radius 2 is 1.93 bits per heavy atom. The van der Waals surface area contributed by atoms with Crippen molar-refractivity contribution in [3.05, 3.63) is 30.1 Å². The molecular formula is C19H30FN3O3S. The molecule has 8 heteroatoms. The summed E-state index contributed by atoms with van der Waals surface area (Å²) < 4.78 is 40.0. The molecule has 1 amide bonds. The van der Waals surface area contributed by atoms with E-state index in [4.69, 9.17) is 0 Å². The highest BCUT2D eigenvalue weighted by molar-refractivity contribution is 7.89. The highest BCUT2D eigenvalue weighted by Gasteiger charge is 2.33. The maximum absolute atomic E-state index is 13.1. The Balaban J connectivity index is 2.00. The second-order valence-corrected chi connectivity index (χ2v) is 10.2. The van der Waals surface area contributed by atoms with Crippen LogP contribution in [0.15, 0.2) is 29.2 Å². The van der Waals surface area contributed by atoms with E-state index in [2.05, 4.69) is 24.1 Å². The number of piperidine rings is 1. The highest BCUT2D eigenvalue weighted by Crippen LogP contribution is 2.24. The monoisotopic (exact) mass is 399 g/mol. The third kappa shape index (κ3) is 5.99. The second kappa shape index (κ2) is 8.67. The number of benzene rings is 1. The number of carbonyl (C=O) groups is 1. The molecule has 0 spiro atoms. The molecule has 1 aromatic carbocycles. The van der Waals surface area contributed by atoms with Crippen molar-refractivity contribution in [3.8, 4) is 0 Å². The Kier molecular flexibility index (Phi) is 6.99. The van der Waals surface area contributed by atoms with E-state index in [0.29, 0.717) is 25.9 Å². The van der Waals surface area contributed by atoms with Gasteiger partial charge in [0.1, 0.15) is 5.82 Å². The lowest BCUT2D eigenvalue weighted by Crippen LogP contribution is -2.47. The van der Waals surface area contributed by atoms with Crippen LogP contribution in [0.1, 0.15) is 26.7 Å². The van der Waals surface area contributed by atoms with Crippen LogP contribution in [0.25, 0.3) is 0 Å². The normalized spacial score (nSPS) is 19.3. The van der Waals surface area contributed by atoms with Gasteiger partial charge in [-0.25, -0.2) is 12.8 Å². The molecule has 0 bridgehead atoms. The van der Waals surface area contributed by atoms with Crippen molar-refractivity contribution in [1.29, 1.82) is 0 Å². The van der Waals surface area contributed by atoms with Gasteiger partial charge >= 0.3 is 0 Å². The Morgan fingerprint density at radius 1 is 1.30 bits per heavy atom. The molecule has 152 valence electrons. The zero-order valence-corrected chi connectivity index (χ0v) is 17.4. The smallest absolute Gasteiger partial charge is 0.243 e. The van der Waals surface area contributed by atoms with Gasteiger partial charge in [-0.05, 0) is 56.6 Å². The first-order valence-corrected chi connectivity index (χ1v) is 10.6. The number of sulfonamides is 1. The largest absolute Gasteiger partial charge is 0.355 e. The second-order valence-electron chi connectivity index (χ2n) is 8.28. The Bertz CT molecular complexity index is 748. The molecule has 1 aliphatic rings. The lowest BCUT2D eigenvalue weighted by molar-refractivity contribution is -0.126. The van der Waals surface area contributed by atoms with Crippen LogP contribution in [-0.4, -0.2) is 63.8 Å². The number of rotatable bonds is 7. The third-order valence-corrected chi connectivity index (χ3v) is 6.57. The summed E-state index contributed by atoms with van der Waals surface area (Å²) in [5.74, 6) is -0.963. The van der Waals surface area contributed by atoms with Crippen molar-refractivity contribution < 1.29 is 17.6 Å². The summed E-state index contributed by atoms with van der Waals surface area (Å²) in [6.45, 7) is 6.06. The van der Waals surface area contributed by atoms with Gasteiger partial charge < -0.3 is 10.2 Å². The van der Waals surface area contributed by atoms with Gasteiger partial charge in [-0.2, -0.15) is 4.31 Å². The fraction of sp³-hybridized carbons (Fsp3) is 0.632. The van der Waals surface area contributed by atoms with Gasteiger partial charge in [0.25, 0.3) is 0 Å². The zero-order chi connectivity index (χ0) is 20.2. The molecule has 0 aliphatic carbocycles. The first-order chi connectivity index (χ1) is 12.5. The minimum atomic E-state index is -3.72. The summed E-state index contributed by atoms with van der Waals surface area (Å²) in [7, 11) is 0.253. The van der Waals surface area contributed by atoms with Gasteiger partial charge in [0.05, 0.1) is 10.8 Å². The number of hydrogen-bond acceptors (Lipinski definition) is 4. The van der Waals surface area contributed by atoms with E-state index in [-0.39, 0.29) is 28.7 Å².